The Morgan fingerprint density at radius 3 is 2.43 bits per heavy atom. The van der Waals surface area contributed by atoms with Crippen LogP contribution in [0, 0.1) is 0 Å². The van der Waals surface area contributed by atoms with Gasteiger partial charge in [0.15, 0.2) is 11.0 Å². The van der Waals surface area contributed by atoms with Crippen molar-refractivity contribution in [2.45, 2.75) is 12.1 Å². The van der Waals surface area contributed by atoms with Crippen LogP contribution >= 0.6 is 35.0 Å². The molecule has 7 nitrogen and oxygen atoms in total. The van der Waals surface area contributed by atoms with Gasteiger partial charge in [0.1, 0.15) is 5.75 Å². The maximum absolute atomic E-state index is 12.5. The number of hydrazone groups is 1. The molecule has 0 fully saturated rings. The fraction of sp³-hybridized carbons (Fsp3) is 0.120. The molecule has 35 heavy (non-hydrogen) atoms. The summed E-state index contributed by atoms with van der Waals surface area (Å²) in [5.74, 6) is 1.14. The van der Waals surface area contributed by atoms with Gasteiger partial charge in [0, 0.05) is 26.9 Å². The van der Waals surface area contributed by atoms with Crippen molar-refractivity contribution in [3.8, 4) is 22.8 Å². The van der Waals surface area contributed by atoms with Crippen LogP contribution in [0.15, 0.2) is 83.1 Å². The van der Waals surface area contributed by atoms with E-state index in [0.717, 1.165) is 16.8 Å². The molecule has 0 aliphatic carbocycles. The number of hydrogen-bond acceptors (Lipinski definition) is 6. The average Bonchev–Trinajstić information content (AvgIpc) is 3.29. The lowest BCUT2D eigenvalue weighted by Gasteiger charge is -2.10. The second-order valence-electron chi connectivity index (χ2n) is 7.18. The van der Waals surface area contributed by atoms with Crippen LogP contribution in [-0.4, -0.2) is 39.2 Å². The molecule has 0 radical (unpaired) electrons. The van der Waals surface area contributed by atoms with Crippen molar-refractivity contribution in [1.82, 2.24) is 20.2 Å². The zero-order valence-corrected chi connectivity index (χ0v) is 21.0. The zero-order valence-electron chi connectivity index (χ0n) is 18.7. The van der Waals surface area contributed by atoms with E-state index < -0.39 is 0 Å². The molecule has 0 bridgehead atoms. The van der Waals surface area contributed by atoms with Gasteiger partial charge in [-0.2, -0.15) is 5.10 Å². The first-order valence-corrected chi connectivity index (χ1v) is 12.4. The number of benzene rings is 3. The van der Waals surface area contributed by atoms with Crippen LogP contribution in [0.3, 0.4) is 0 Å². The van der Waals surface area contributed by atoms with E-state index in [0.29, 0.717) is 33.4 Å². The molecule has 10 heteroatoms. The molecule has 0 spiro atoms. The third-order valence-corrected chi connectivity index (χ3v) is 6.20. The van der Waals surface area contributed by atoms with Crippen LogP contribution in [0.4, 0.5) is 0 Å². The normalized spacial score (nSPS) is 11.1. The molecule has 0 unspecified atom stereocenters. The molecular weight excluding hydrogens is 505 g/mol. The van der Waals surface area contributed by atoms with E-state index in [-0.39, 0.29) is 11.7 Å². The van der Waals surface area contributed by atoms with Gasteiger partial charge >= 0.3 is 0 Å². The number of halogens is 2. The second kappa shape index (κ2) is 11.9. The molecule has 1 heterocycles. The standard InChI is InChI=1S/C25H21Cl2N5O2S/c1-2-34-22-6-4-3-5-18(22)15-28-29-23(33)16-35-25-31-30-24(17-7-9-19(26)10-8-17)32(25)21-13-11-20(27)12-14-21/h3-15H,2,16H2,1H3,(H,29,33)/b28-15-. The highest BCUT2D eigenvalue weighted by Crippen LogP contribution is 2.29. The van der Waals surface area contributed by atoms with Crippen molar-refractivity contribution in [1.29, 1.82) is 0 Å². The number of nitrogens with one attached hydrogen (secondary N) is 1. The largest absolute Gasteiger partial charge is 0.493 e. The number of rotatable bonds is 9. The van der Waals surface area contributed by atoms with Crippen molar-refractivity contribution >= 4 is 47.1 Å². The molecule has 178 valence electrons. The first-order valence-electron chi connectivity index (χ1n) is 10.7. The van der Waals surface area contributed by atoms with E-state index in [1.807, 2.05) is 60.0 Å². The van der Waals surface area contributed by atoms with Crippen molar-refractivity contribution in [3.63, 3.8) is 0 Å². The minimum atomic E-state index is -0.279. The molecule has 1 N–H and O–H groups in total. The molecule has 1 amide bonds. The quantitative estimate of drug-likeness (QED) is 0.167. The summed E-state index contributed by atoms with van der Waals surface area (Å²) in [4.78, 5) is 12.5. The van der Waals surface area contributed by atoms with Gasteiger partial charge in [-0.1, -0.05) is 47.1 Å². The van der Waals surface area contributed by atoms with Gasteiger partial charge in [0.25, 0.3) is 5.91 Å². The van der Waals surface area contributed by atoms with Crippen molar-refractivity contribution in [3.05, 3.63) is 88.4 Å². The van der Waals surface area contributed by atoms with Gasteiger partial charge in [-0.15, -0.1) is 10.2 Å². The number of carbonyl (C=O) groups is 1. The second-order valence-corrected chi connectivity index (χ2v) is 8.99. The number of aromatic nitrogens is 3. The Labute approximate surface area is 217 Å². The van der Waals surface area contributed by atoms with E-state index >= 15 is 0 Å². The maximum atomic E-state index is 12.5. The number of ether oxygens (including phenoxy) is 1. The molecule has 4 rings (SSSR count). The third kappa shape index (κ3) is 6.42. The Bertz CT molecular complexity index is 1320. The van der Waals surface area contributed by atoms with Crippen LogP contribution in [0.1, 0.15) is 12.5 Å². The highest BCUT2D eigenvalue weighted by molar-refractivity contribution is 7.99. The molecule has 3 aromatic carbocycles. The predicted molar refractivity (Wildman–Crippen MR) is 141 cm³/mol. The van der Waals surface area contributed by atoms with Gasteiger partial charge in [0.2, 0.25) is 0 Å². The molecule has 0 saturated carbocycles. The van der Waals surface area contributed by atoms with Gasteiger partial charge in [-0.05, 0) is 67.6 Å². The fourth-order valence-corrected chi connectivity index (χ4v) is 4.18. The van der Waals surface area contributed by atoms with Crippen LogP contribution in [0.2, 0.25) is 10.0 Å². The van der Waals surface area contributed by atoms with Crippen LogP contribution < -0.4 is 10.2 Å². The minimum Gasteiger partial charge on any atom is -0.493 e. The molecule has 0 saturated heterocycles. The minimum absolute atomic E-state index is 0.0940. The van der Waals surface area contributed by atoms with E-state index in [4.69, 9.17) is 27.9 Å². The number of hydrogen-bond donors (Lipinski definition) is 1. The van der Waals surface area contributed by atoms with Gasteiger partial charge < -0.3 is 4.74 Å². The summed E-state index contributed by atoms with van der Waals surface area (Å²) in [7, 11) is 0. The summed E-state index contributed by atoms with van der Waals surface area (Å²) >= 11 is 13.4. The van der Waals surface area contributed by atoms with E-state index in [1.54, 1.807) is 30.5 Å². The van der Waals surface area contributed by atoms with Crippen LogP contribution in [0.25, 0.3) is 17.1 Å². The summed E-state index contributed by atoms with van der Waals surface area (Å²) in [5, 5.41) is 14.5. The first kappa shape index (κ1) is 24.8. The van der Waals surface area contributed by atoms with E-state index in [1.165, 1.54) is 11.8 Å². The first-order chi connectivity index (χ1) is 17.0. The number of para-hydroxylation sites is 1. The smallest absolute Gasteiger partial charge is 0.250 e. The van der Waals surface area contributed by atoms with Crippen molar-refractivity contribution < 1.29 is 9.53 Å². The Hall–Kier alpha value is -3.33. The van der Waals surface area contributed by atoms with E-state index in [9.17, 15) is 4.79 Å². The lowest BCUT2D eigenvalue weighted by Crippen LogP contribution is -2.20. The Morgan fingerprint density at radius 2 is 1.71 bits per heavy atom. The monoisotopic (exact) mass is 525 g/mol. The van der Waals surface area contributed by atoms with Crippen molar-refractivity contribution in [2.24, 2.45) is 5.10 Å². The molecule has 1 aromatic heterocycles. The summed E-state index contributed by atoms with van der Waals surface area (Å²) < 4.78 is 7.44. The number of thioether (sulfide) groups is 1. The highest BCUT2D eigenvalue weighted by Gasteiger charge is 2.17. The van der Waals surface area contributed by atoms with Crippen LogP contribution in [0.5, 0.6) is 5.75 Å². The molecule has 0 aliphatic heterocycles. The molecule has 0 aliphatic rings. The Kier molecular flexibility index (Phi) is 8.41. The van der Waals surface area contributed by atoms with E-state index in [2.05, 4.69) is 20.7 Å². The zero-order chi connectivity index (χ0) is 24.6. The number of carbonyl (C=O) groups excluding carboxylic acids is 1. The van der Waals surface area contributed by atoms with Gasteiger partial charge in [-0.25, -0.2) is 5.43 Å². The summed E-state index contributed by atoms with van der Waals surface area (Å²) in [6.45, 7) is 2.45. The lowest BCUT2D eigenvalue weighted by atomic mass is 10.2. The Balaban J connectivity index is 1.49. The molecular formula is C25H21Cl2N5O2S. The summed E-state index contributed by atoms with van der Waals surface area (Å²) in [5.41, 5.74) is 4.98. The predicted octanol–water partition coefficient (Wildman–Crippen LogP) is 5.88. The fourth-order valence-electron chi connectivity index (χ4n) is 3.18. The maximum Gasteiger partial charge on any atom is 0.250 e. The van der Waals surface area contributed by atoms with Crippen molar-refractivity contribution in [2.75, 3.05) is 12.4 Å². The van der Waals surface area contributed by atoms with Gasteiger partial charge in [-0.3, -0.25) is 9.36 Å². The van der Waals surface area contributed by atoms with Gasteiger partial charge in [0.05, 0.1) is 18.6 Å². The topological polar surface area (TPSA) is 81.4 Å². The molecule has 0 atom stereocenters. The Morgan fingerprint density at radius 1 is 1.03 bits per heavy atom. The number of nitrogens with zero attached hydrogens (tertiary/aromatic N) is 4. The summed E-state index contributed by atoms with van der Waals surface area (Å²) in [6, 6.07) is 22.1. The highest BCUT2D eigenvalue weighted by atomic mass is 35.5. The summed E-state index contributed by atoms with van der Waals surface area (Å²) in [6.07, 6.45) is 1.56. The lowest BCUT2D eigenvalue weighted by molar-refractivity contribution is -0.118. The average molecular weight is 526 g/mol. The molecule has 4 aromatic rings. The third-order valence-electron chi connectivity index (χ3n) is 4.76. The number of amides is 1. The SMILES string of the molecule is CCOc1ccccc1/C=N\NC(=O)CSc1nnc(-c2ccc(Cl)cc2)n1-c1ccc(Cl)cc1. The van der Waals surface area contributed by atoms with Crippen LogP contribution in [-0.2, 0) is 4.79 Å².